The number of rotatable bonds is 0. The van der Waals surface area contributed by atoms with Gasteiger partial charge < -0.3 is 0 Å². The van der Waals surface area contributed by atoms with Crippen molar-refractivity contribution < 1.29 is 0 Å². The van der Waals surface area contributed by atoms with Crippen molar-refractivity contribution in [3.63, 3.8) is 0 Å². The van der Waals surface area contributed by atoms with Gasteiger partial charge in [0.15, 0.2) is 0 Å². The van der Waals surface area contributed by atoms with Crippen LogP contribution in [0.4, 0.5) is 0 Å². The Kier molecular flexibility index (Phi) is 17.0. The average Bonchev–Trinajstić information content (AvgIpc) is 2.94. The molecular weight excluding hydrogens is 588 g/mol. The van der Waals surface area contributed by atoms with Gasteiger partial charge >= 0.3 is 0 Å². The van der Waals surface area contributed by atoms with Crippen molar-refractivity contribution in [2.24, 2.45) is 0 Å². The van der Waals surface area contributed by atoms with Crippen LogP contribution in [0.15, 0.2) is 91.0 Å². The molecule has 0 saturated carbocycles. The maximum Gasteiger partial charge on any atom is 0.0435 e. The molecule has 0 atom stereocenters. The van der Waals surface area contributed by atoms with E-state index >= 15 is 0 Å². The minimum Gasteiger partial charge on any atom is -0.115 e. The molecule has 0 spiro atoms. The first-order chi connectivity index (χ1) is 20.9. The lowest BCUT2D eigenvalue weighted by molar-refractivity contribution is 0.589. The Hall–Kier alpha value is -3.27. The quantitative estimate of drug-likeness (QED) is 0.166. The molecule has 0 radical (unpaired) electrons. The van der Waals surface area contributed by atoms with Crippen LogP contribution in [0, 0.1) is 33.1 Å². The van der Waals surface area contributed by atoms with E-state index in [1.165, 1.54) is 33.4 Å². The molecule has 4 aromatic carbocycles. The molecule has 0 aliphatic heterocycles. The van der Waals surface area contributed by atoms with Crippen LogP contribution >= 0.6 is 11.6 Å². The van der Waals surface area contributed by atoms with Crippen LogP contribution in [0.5, 0.6) is 0 Å². The fraction of sp³-hybridized carbons (Fsp3) is 0.435. The lowest BCUT2D eigenvalue weighted by atomic mass is 9.86. The zero-order chi connectivity index (χ0) is 35.5. The first-order valence-electron chi connectivity index (χ1n) is 16.4. The van der Waals surface area contributed by atoms with Crippen molar-refractivity contribution in [2.75, 3.05) is 0 Å². The van der Waals surface area contributed by atoms with Crippen LogP contribution in [0.1, 0.15) is 135 Å². The molecule has 4 rings (SSSR count). The highest BCUT2D eigenvalue weighted by Gasteiger charge is 2.15. The van der Waals surface area contributed by atoms with Crippen LogP contribution in [-0.4, -0.2) is 0 Å². The zero-order valence-electron chi connectivity index (χ0n) is 31.6. The van der Waals surface area contributed by atoms with Gasteiger partial charge in [0, 0.05) is 10.6 Å². The molecule has 256 valence electrons. The minimum atomic E-state index is 0. The standard InChI is InChI=1S/C12H14.C11H15Cl.2C11H16.CH4/c1-5-10-7-6-8-11(9-10)12(2,3)4;1-8-7-9(11(2,3)4)5-6-10(8)12;1-9-5-7-10(8-6-9)11(2,3)4;1-9-6-5-7-10(8-9)11(2,3)4;/h1,6-9H,2-4H3;5-7H,1-4H3;2*5-8H,1-4H3;1H4. The topological polar surface area (TPSA) is 0 Å². The van der Waals surface area contributed by atoms with Crippen LogP contribution < -0.4 is 0 Å². The summed E-state index contributed by atoms with van der Waals surface area (Å²) in [5.74, 6) is 2.64. The normalized spacial score (nSPS) is 11.2. The summed E-state index contributed by atoms with van der Waals surface area (Å²) >= 11 is 5.93. The molecule has 0 fully saturated rings. The minimum absolute atomic E-state index is 0. The molecule has 0 aliphatic carbocycles. The molecule has 0 bridgehead atoms. The van der Waals surface area contributed by atoms with Crippen LogP contribution in [-0.2, 0) is 21.7 Å². The lowest BCUT2D eigenvalue weighted by Gasteiger charge is -2.19. The summed E-state index contributed by atoms with van der Waals surface area (Å²) in [7, 11) is 0. The summed E-state index contributed by atoms with van der Waals surface area (Å²) in [6.45, 7) is 32.9. The summed E-state index contributed by atoms with van der Waals surface area (Å²) in [6.07, 6.45) is 5.31. The summed E-state index contributed by atoms with van der Waals surface area (Å²) < 4.78 is 0. The van der Waals surface area contributed by atoms with Gasteiger partial charge in [-0.3, -0.25) is 0 Å². The number of hydrogen-bond acceptors (Lipinski definition) is 0. The fourth-order valence-corrected chi connectivity index (χ4v) is 4.47. The Morgan fingerprint density at radius 3 is 1.26 bits per heavy atom. The van der Waals surface area contributed by atoms with Gasteiger partial charge in [0.25, 0.3) is 0 Å². The van der Waals surface area contributed by atoms with Gasteiger partial charge in [0.1, 0.15) is 0 Å². The van der Waals surface area contributed by atoms with Crippen LogP contribution in [0.25, 0.3) is 0 Å². The second kappa shape index (κ2) is 18.3. The molecule has 0 saturated heterocycles. The third-order valence-corrected chi connectivity index (χ3v) is 8.15. The highest BCUT2D eigenvalue weighted by molar-refractivity contribution is 6.31. The predicted octanol–water partition coefficient (Wildman–Crippen LogP) is 14.1. The van der Waals surface area contributed by atoms with Gasteiger partial charge in [-0.2, -0.15) is 0 Å². The van der Waals surface area contributed by atoms with Crippen molar-refractivity contribution in [1.82, 2.24) is 0 Å². The monoisotopic (exact) mass is 652 g/mol. The first-order valence-corrected chi connectivity index (χ1v) is 16.8. The number of terminal acetylenes is 1. The SMILES string of the molecule is C.C#Cc1cccc(C(C)(C)C)c1.Cc1cc(C(C)(C)C)ccc1Cl.Cc1ccc(C(C)(C)C)cc1.Cc1cccc(C(C)(C)C)c1. The van der Waals surface area contributed by atoms with Crippen molar-refractivity contribution in [3.05, 3.63) is 141 Å². The van der Waals surface area contributed by atoms with E-state index in [0.717, 1.165) is 16.1 Å². The Labute approximate surface area is 296 Å². The predicted molar refractivity (Wildman–Crippen MR) is 214 cm³/mol. The van der Waals surface area contributed by atoms with Crippen molar-refractivity contribution in [1.29, 1.82) is 0 Å². The Bertz CT molecular complexity index is 1530. The molecule has 0 heterocycles. The highest BCUT2D eigenvalue weighted by atomic mass is 35.5. The summed E-state index contributed by atoms with van der Waals surface area (Å²) in [5, 5.41) is 0.850. The van der Waals surface area contributed by atoms with E-state index in [2.05, 4.69) is 176 Å². The molecule has 1 heteroatoms. The molecule has 0 nitrogen and oxygen atoms in total. The lowest BCUT2D eigenvalue weighted by Crippen LogP contribution is -2.10. The number of aryl methyl sites for hydroxylation is 3. The van der Waals surface area contributed by atoms with E-state index < -0.39 is 0 Å². The average molecular weight is 653 g/mol. The van der Waals surface area contributed by atoms with Crippen LogP contribution in [0.2, 0.25) is 5.02 Å². The van der Waals surface area contributed by atoms with E-state index in [0.29, 0.717) is 0 Å². The van der Waals surface area contributed by atoms with Crippen molar-refractivity contribution >= 4 is 11.6 Å². The number of hydrogen-bond donors (Lipinski definition) is 0. The van der Waals surface area contributed by atoms with E-state index in [1.807, 2.05) is 25.1 Å². The second-order valence-corrected chi connectivity index (χ2v) is 16.8. The Morgan fingerprint density at radius 2 is 0.872 bits per heavy atom. The number of halogens is 1. The second-order valence-electron chi connectivity index (χ2n) is 16.4. The maximum absolute atomic E-state index is 5.93. The molecular formula is C46H65Cl. The first kappa shape index (κ1) is 43.7. The smallest absolute Gasteiger partial charge is 0.0435 e. The molecule has 0 aromatic heterocycles. The molecule has 0 aliphatic rings. The molecule has 0 unspecified atom stereocenters. The Balaban J connectivity index is 0.000000597. The van der Waals surface area contributed by atoms with E-state index in [9.17, 15) is 0 Å². The third-order valence-electron chi connectivity index (χ3n) is 7.72. The summed E-state index contributed by atoms with van der Waals surface area (Å²) in [5.41, 5.74) is 11.2. The highest BCUT2D eigenvalue weighted by Crippen LogP contribution is 2.26. The van der Waals surface area contributed by atoms with E-state index in [1.54, 1.807) is 0 Å². The van der Waals surface area contributed by atoms with Gasteiger partial charge in [-0.15, -0.1) is 6.42 Å². The Morgan fingerprint density at radius 1 is 0.468 bits per heavy atom. The summed E-state index contributed by atoms with van der Waals surface area (Å²) in [6, 6.07) is 31.8. The van der Waals surface area contributed by atoms with Crippen molar-refractivity contribution in [3.8, 4) is 12.3 Å². The molecule has 0 N–H and O–H groups in total. The number of benzene rings is 4. The molecule has 4 aromatic rings. The largest absolute Gasteiger partial charge is 0.115 e. The van der Waals surface area contributed by atoms with Gasteiger partial charge in [-0.05, 0) is 88.4 Å². The molecule has 0 amide bonds. The third kappa shape index (κ3) is 16.4. The van der Waals surface area contributed by atoms with Crippen LogP contribution in [0.3, 0.4) is 0 Å². The van der Waals surface area contributed by atoms with Crippen molar-refractivity contribution in [2.45, 2.75) is 133 Å². The van der Waals surface area contributed by atoms with Gasteiger partial charge in [0.05, 0.1) is 0 Å². The van der Waals surface area contributed by atoms with Gasteiger partial charge in [0.2, 0.25) is 0 Å². The summed E-state index contributed by atoms with van der Waals surface area (Å²) in [4.78, 5) is 0. The zero-order valence-corrected chi connectivity index (χ0v) is 32.4. The van der Waals surface area contributed by atoms with Gasteiger partial charge in [-0.1, -0.05) is 192 Å². The maximum atomic E-state index is 5.93. The fourth-order valence-electron chi connectivity index (χ4n) is 4.35. The van der Waals surface area contributed by atoms with E-state index in [4.69, 9.17) is 18.0 Å². The molecule has 47 heavy (non-hydrogen) atoms. The van der Waals surface area contributed by atoms with E-state index in [-0.39, 0.29) is 29.1 Å². The van der Waals surface area contributed by atoms with Gasteiger partial charge in [-0.25, -0.2) is 0 Å².